The molecule has 0 saturated heterocycles. The number of nitrogens with zero attached hydrogens (tertiary/aromatic N) is 1. The van der Waals surface area contributed by atoms with Crippen LogP contribution in [-0.2, 0) is 6.42 Å². The van der Waals surface area contributed by atoms with Crippen molar-refractivity contribution in [1.82, 2.24) is 20.0 Å². The molecule has 0 spiro atoms. The van der Waals surface area contributed by atoms with E-state index in [0.717, 1.165) is 35.0 Å². The molecule has 3 N–H and O–H groups in total. The Labute approximate surface area is 143 Å². The fourth-order valence-electron chi connectivity index (χ4n) is 2.12. The van der Waals surface area contributed by atoms with Gasteiger partial charge in [-0.25, -0.2) is 9.78 Å². The normalized spacial score (nSPS) is 10.7. The van der Waals surface area contributed by atoms with E-state index in [9.17, 15) is 4.79 Å². The quantitative estimate of drug-likeness (QED) is 0.616. The fourth-order valence-corrected chi connectivity index (χ4v) is 2.90. The Morgan fingerprint density at radius 3 is 2.91 bits per heavy atom. The molecule has 118 valence electrons. The van der Waals surface area contributed by atoms with Crippen LogP contribution < -0.4 is 10.0 Å². The van der Waals surface area contributed by atoms with Crippen molar-refractivity contribution in [3.8, 4) is 0 Å². The number of halogens is 1. The molecule has 0 saturated carbocycles. The standard InChI is InChI=1S/C16H15ClN4OS/c17-12-5-3-4-11(10-12)8-9-18-15(22)21-23-16-19-13-6-1-2-7-14(13)20-16/h1-7,10H,8-9H2,(H,19,20)(H2,18,21,22). The van der Waals surface area contributed by atoms with Crippen LogP contribution in [0.5, 0.6) is 0 Å². The van der Waals surface area contributed by atoms with E-state index in [-0.39, 0.29) is 6.03 Å². The maximum Gasteiger partial charge on any atom is 0.325 e. The Morgan fingerprint density at radius 1 is 1.22 bits per heavy atom. The Morgan fingerprint density at radius 2 is 2.09 bits per heavy atom. The topological polar surface area (TPSA) is 69.8 Å². The Hall–Kier alpha value is -2.18. The summed E-state index contributed by atoms with van der Waals surface area (Å²) in [4.78, 5) is 19.3. The average molecular weight is 347 g/mol. The van der Waals surface area contributed by atoms with E-state index < -0.39 is 0 Å². The monoisotopic (exact) mass is 346 g/mol. The first kappa shape index (κ1) is 15.7. The molecular formula is C16H15ClN4OS. The Balaban J connectivity index is 1.44. The third-order valence-corrected chi connectivity index (χ3v) is 4.11. The van der Waals surface area contributed by atoms with Crippen LogP contribution in [0.25, 0.3) is 11.0 Å². The van der Waals surface area contributed by atoms with E-state index in [1.807, 2.05) is 48.5 Å². The number of nitrogens with one attached hydrogen (secondary N) is 3. The lowest BCUT2D eigenvalue weighted by atomic mass is 10.1. The van der Waals surface area contributed by atoms with Gasteiger partial charge < -0.3 is 10.3 Å². The van der Waals surface area contributed by atoms with Crippen molar-refractivity contribution < 1.29 is 4.79 Å². The lowest BCUT2D eigenvalue weighted by Gasteiger charge is -2.06. The van der Waals surface area contributed by atoms with E-state index >= 15 is 0 Å². The minimum absolute atomic E-state index is 0.252. The zero-order valence-corrected chi connectivity index (χ0v) is 13.7. The third-order valence-electron chi connectivity index (χ3n) is 3.20. The molecule has 0 unspecified atom stereocenters. The first-order valence-corrected chi connectivity index (χ1v) is 8.30. The highest BCUT2D eigenvalue weighted by molar-refractivity contribution is 7.97. The van der Waals surface area contributed by atoms with Crippen molar-refractivity contribution in [2.24, 2.45) is 0 Å². The summed E-state index contributed by atoms with van der Waals surface area (Å²) in [5.74, 6) is 0. The molecule has 7 heteroatoms. The van der Waals surface area contributed by atoms with Gasteiger partial charge in [0.25, 0.3) is 0 Å². The molecule has 1 aromatic heterocycles. The van der Waals surface area contributed by atoms with Gasteiger partial charge in [0.15, 0.2) is 5.16 Å². The number of para-hydroxylation sites is 2. The summed E-state index contributed by atoms with van der Waals surface area (Å²) in [5.41, 5.74) is 2.90. The second-order valence-electron chi connectivity index (χ2n) is 4.90. The molecule has 2 amide bonds. The Bertz CT molecular complexity index is 787. The third kappa shape index (κ3) is 4.40. The minimum Gasteiger partial charge on any atom is -0.337 e. The van der Waals surface area contributed by atoms with Gasteiger partial charge in [0.2, 0.25) is 0 Å². The number of carbonyl (C=O) groups is 1. The number of benzene rings is 2. The van der Waals surface area contributed by atoms with Crippen LogP contribution in [0.2, 0.25) is 5.02 Å². The molecule has 3 rings (SSSR count). The van der Waals surface area contributed by atoms with E-state index in [0.29, 0.717) is 16.7 Å². The van der Waals surface area contributed by atoms with E-state index in [4.69, 9.17) is 11.6 Å². The molecule has 0 radical (unpaired) electrons. The van der Waals surface area contributed by atoms with Crippen LogP contribution in [0, 0.1) is 0 Å². The maximum atomic E-state index is 11.8. The highest BCUT2D eigenvalue weighted by Gasteiger charge is 2.05. The predicted octanol–water partition coefficient (Wildman–Crippen LogP) is 3.77. The molecule has 23 heavy (non-hydrogen) atoms. The van der Waals surface area contributed by atoms with Crippen LogP contribution in [0.15, 0.2) is 53.7 Å². The first-order valence-electron chi connectivity index (χ1n) is 7.10. The average Bonchev–Trinajstić information content (AvgIpc) is 2.96. The van der Waals surface area contributed by atoms with Gasteiger partial charge in [-0.15, -0.1) is 0 Å². The molecule has 3 aromatic rings. The van der Waals surface area contributed by atoms with Crippen LogP contribution in [-0.4, -0.2) is 22.5 Å². The van der Waals surface area contributed by atoms with Gasteiger partial charge in [0, 0.05) is 23.5 Å². The fraction of sp³-hybridized carbons (Fsp3) is 0.125. The van der Waals surface area contributed by atoms with Gasteiger partial charge in [0.1, 0.15) is 0 Å². The SMILES string of the molecule is O=C(NCCc1cccc(Cl)c1)NSc1nc2ccccc2[nH]1. The molecule has 0 aliphatic carbocycles. The molecule has 1 heterocycles. The van der Waals surface area contributed by atoms with Crippen LogP contribution in [0.1, 0.15) is 5.56 Å². The maximum absolute atomic E-state index is 11.8. The number of rotatable bonds is 5. The molecule has 0 aliphatic rings. The summed E-state index contributed by atoms with van der Waals surface area (Å²) >= 11 is 7.08. The van der Waals surface area contributed by atoms with Crippen LogP contribution in [0.3, 0.4) is 0 Å². The molecule has 2 aromatic carbocycles. The summed E-state index contributed by atoms with van der Waals surface area (Å²) in [7, 11) is 0. The van der Waals surface area contributed by atoms with Gasteiger partial charge in [-0.3, -0.25) is 4.72 Å². The molecule has 0 bridgehead atoms. The summed E-state index contributed by atoms with van der Waals surface area (Å²) < 4.78 is 2.70. The molecule has 0 aliphatic heterocycles. The second kappa shape index (κ2) is 7.39. The van der Waals surface area contributed by atoms with Gasteiger partial charge in [-0.2, -0.15) is 0 Å². The molecular weight excluding hydrogens is 332 g/mol. The van der Waals surface area contributed by atoms with Gasteiger partial charge in [-0.1, -0.05) is 35.9 Å². The van der Waals surface area contributed by atoms with Crippen molar-refractivity contribution in [2.45, 2.75) is 11.6 Å². The van der Waals surface area contributed by atoms with Crippen LogP contribution in [0.4, 0.5) is 4.79 Å². The van der Waals surface area contributed by atoms with Gasteiger partial charge in [-0.05, 0) is 36.2 Å². The zero-order chi connectivity index (χ0) is 16.1. The van der Waals surface area contributed by atoms with Crippen molar-refractivity contribution in [2.75, 3.05) is 6.54 Å². The highest BCUT2D eigenvalue weighted by Crippen LogP contribution is 2.16. The summed E-state index contributed by atoms with van der Waals surface area (Å²) in [6.07, 6.45) is 0.725. The summed E-state index contributed by atoms with van der Waals surface area (Å²) in [6.45, 7) is 0.535. The van der Waals surface area contributed by atoms with Gasteiger partial charge >= 0.3 is 6.03 Å². The molecule has 0 fully saturated rings. The number of carbonyl (C=O) groups excluding carboxylic acids is 1. The number of urea groups is 1. The van der Waals surface area contributed by atoms with E-state index in [1.165, 1.54) is 0 Å². The van der Waals surface area contributed by atoms with Gasteiger partial charge in [0.05, 0.1) is 11.0 Å². The number of aromatic amines is 1. The number of hydrogen-bond donors (Lipinski definition) is 3. The van der Waals surface area contributed by atoms with Crippen molar-refractivity contribution in [3.63, 3.8) is 0 Å². The lowest BCUT2D eigenvalue weighted by molar-refractivity contribution is 0.246. The number of hydrogen-bond acceptors (Lipinski definition) is 3. The van der Waals surface area contributed by atoms with E-state index in [2.05, 4.69) is 20.0 Å². The Kier molecular flexibility index (Phi) is 5.05. The lowest BCUT2D eigenvalue weighted by Crippen LogP contribution is -2.32. The number of aromatic nitrogens is 2. The summed E-state index contributed by atoms with van der Waals surface area (Å²) in [5, 5.41) is 4.15. The number of fused-ring (bicyclic) bond motifs is 1. The largest absolute Gasteiger partial charge is 0.337 e. The smallest absolute Gasteiger partial charge is 0.325 e. The molecule has 0 atom stereocenters. The predicted molar refractivity (Wildman–Crippen MR) is 93.6 cm³/mol. The first-order chi connectivity index (χ1) is 11.2. The second-order valence-corrected chi connectivity index (χ2v) is 6.13. The van der Waals surface area contributed by atoms with Crippen molar-refractivity contribution >= 4 is 40.6 Å². The number of imidazole rings is 1. The number of H-pyrrole nitrogens is 1. The van der Waals surface area contributed by atoms with Crippen molar-refractivity contribution in [3.05, 3.63) is 59.1 Å². The van der Waals surface area contributed by atoms with E-state index in [1.54, 1.807) is 0 Å². The zero-order valence-electron chi connectivity index (χ0n) is 12.2. The van der Waals surface area contributed by atoms with Crippen molar-refractivity contribution in [1.29, 1.82) is 0 Å². The molecule has 5 nitrogen and oxygen atoms in total. The summed E-state index contributed by atoms with van der Waals surface area (Å²) in [6, 6.07) is 15.1. The minimum atomic E-state index is -0.252. The highest BCUT2D eigenvalue weighted by atomic mass is 35.5. The number of amides is 2. The van der Waals surface area contributed by atoms with Crippen LogP contribution >= 0.6 is 23.5 Å².